The monoisotopic (exact) mass is 583 g/mol. The summed E-state index contributed by atoms with van der Waals surface area (Å²) in [6.45, 7) is -0.727. The molecule has 10 nitrogen and oxygen atoms in total. The molecule has 202 valence electrons. The van der Waals surface area contributed by atoms with Gasteiger partial charge in [-0.15, -0.1) is 0 Å². The molecular formula is C26H17Cl2F2N7O3. The Morgan fingerprint density at radius 2 is 1.70 bits per heavy atom. The fourth-order valence-electron chi connectivity index (χ4n) is 4.39. The first-order valence-electron chi connectivity index (χ1n) is 11.6. The number of benzene rings is 2. The molecule has 0 unspecified atom stereocenters. The zero-order chi connectivity index (χ0) is 28.9. The van der Waals surface area contributed by atoms with E-state index in [1.807, 2.05) is 6.07 Å². The van der Waals surface area contributed by atoms with Crippen molar-refractivity contribution in [1.82, 2.24) is 28.5 Å². The number of hydrogen-bond donors (Lipinski definition) is 0. The van der Waals surface area contributed by atoms with Gasteiger partial charge in [0.25, 0.3) is 11.1 Å². The van der Waals surface area contributed by atoms with Gasteiger partial charge in [-0.3, -0.25) is 23.4 Å². The van der Waals surface area contributed by atoms with Crippen molar-refractivity contribution in [1.29, 1.82) is 5.26 Å². The quantitative estimate of drug-likeness (QED) is 0.293. The number of aryl methyl sites for hydroxylation is 1. The van der Waals surface area contributed by atoms with Crippen LogP contribution in [-0.2, 0) is 27.2 Å². The molecular weight excluding hydrogens is 567 g/mol. The van der Waals surface area contributed by atoms with Crippen molar-refractivity contribution in [3.05, 3.63) is 113 Å². The van der Waals surface area contributed by atoms with Crippen molar-refractivity contribution in [2.24, 2.45) is 14.1 Å². The zero-order valence-corrected chi connectivity index (χ0v) is 22.3. The predicted octanol–water partition coefficient (Wildman–Crippen LogP) is 3.21. The van der Waals surface area contributed by atoms with Crippen molar-refractivity contribution in [3.8, 4) is 17.3 Å². The van der Waals surface area contributed by atoms with E-state index in [0.717, 1.165) is 21.3 Å². The smallest absolute Gasteiger partial charge is 0.310 e. The third kappa shape index (κ3) is 4.59. The Morgan fingerprint density at radius 3 is 2.35 bits per heavy atom. The number of fused-ring (bicyclic) bond motifs is 1. The Bertz CT molecular complexity index is 2050. The third-order valence-electron chi connectivity index (χ3n) is 6.32. The molecule has 40 heavy (non-hydrogen) atoms. The SMILES string of the molecule is Cn1cnc(Cn2c(=O)c3c(=O)n(C)c(-c4cc(C#N)ccc4Cl)cc3n(Cc3cc(F)c(F)c(Cl)c3)c2=O)n1. The number of pyridine rings is 1. The molecule has 0 aliphatic heterocycles. The van der Waals surface area contributed by atoms with Gasteiger partial charge in [-0.1, -0.05) is 23.2 Å². The summed E-state index contributed by atoms with van der Waals surface area (Å²) in [5.74, 6) is -2.35. The van der Waals surface area contributed by atoms with Gasteiger partial charge in [-0.2, -0.15) is 10.4 Å². The van der Waals surface area contributed by atoms with Crippen molar-refractivity contribution in [2.75, 3.05) is 0 Å². The number of nitrogens with zero attached hydrogens (tertiary/aromatic N) is 7. The van der Waals surface area contributed by atoms with Crippen LogP contribution in [0.2, 0.25) is 10.0 Å². The van der Waals surface area contributed by atoms with Gasteiger partial charge in [-0.25, -0.2) is 18.6 Å². The maximum Gasteiger partial charge on any atom is 0.332 e. The molecule has 3 heterocycles. The lowest BCUT2D eigenvalue weighted by molar-refractivity contribution is 0.506. The van der Waals surface area contributed by atoms with Gasteiger partial charge < -0.3 is 4.57 Å². The van der Waals surface area contributed by atoms with Crippen LogP contribution in [0.3, 0.4) is 0 Å². The van der Waals surface area contributed by atoms with Crippen LogP contribution < -0.4 is 16.8 Å². The number of aromatic nitrogens is 6. The fraction of sp³-hybridized carbons (Fsp3) is 0.154. The second kappa shape index (κ2) is 10.2. The van der Waals surface area contributed by atoms with Crippen LogP contribution in [0.25, 0.3) is 22.2 Å². The van der Waals surface area contributed by atoms with E-state index in [2.05, 4.69) is 10.1 Å². The van der Waals surface area contributed by atoms with Gasteiger partial charge in [-0.05, 0) is 42.0 Å². The van der Waals surface area contributed by atoms with E-state index >= 15 is 0 Å². The second-order valence-corrected chi connectivity index (χ2v) is 9.74. The predicted molar refractivity (Wildman–Crippen MR) is 143 cm³/mol. The molecule has 2 aromatic carbocycles. The lowest BCUT2D eigenvalue weighted by Crippen LogP contribution is -2.43. The van der Waals surface area contributed by atoms with Crippen molar-refractivity contribution < 1.29 is 8.78 Å². The number of rotatable bonds is 5. The van der Waals surface area contributed by atoms with Crippen molar-refractivity contribution in [2.45, 2.75) is 13.1 Å². The van der Waals surface area contributed by atoms with E-state index in [0.29, 0.717) is 5.56 Å². The van der Waals surface area contributed by atoms with Crippen molar-refractivity contribution in [3.63, 3.8) is 0 Å². The van der Waals surface area contributed by atoms with Gasteiger partial charge in [0.05, 0.1) is 41.0 Å². The Morgan fingerprint density at radius 1 is 0.950 bits per heavy atom. The summed E-state index contributed by atoms with van der Waals surface area (Å²) < 4.78 is 32.5. The molecule has 14 heteroatoms. The molecule has 0 bridgehead atoms. The summed E-state index contributed by atoms with van der Waals surface area (Å²) in [5.41, 5.74) is -1.72. The minimum Gasteiger partial charge on any atom is -0.310 e. The molecule has 0 N–H and O–H groups in total. The second-order valence-electron chi connectivity index (χ2n) is 8.93. The van der Waals surface area contributed by atoms with E-state index in [1.165, 1.54) is 46.9 Å². The van der Waals surface area contributed by atoms with E-state index in [1.54, 1.807) is 7.05 Å². The lowest BCUT2D eigenvalue weighted by atomic mass is 10.1. The average Bonchev–Trinajstić information content (AvgIpc) is 3.34. The highest BCUT2D eigenvalue weighted by molar-refractivity contribution is 6.33. The Kier molecular flexibility index (Phi) is 6.87. The maximum absolute atomic E-state index is 14.2. The summed E-state index contributed by atoms with van der Waals surface area (Å²) in [6.07, 6.45) is 1.38. The van der Waals surface area contributed by atoms with Crippen LogP contribution in [0.4, 0.5) is 8.78 Å². The highest BCUT2D eigenvalue weighted by Crippen LogP contribution is 2.29. The molecule has 0 saturated carbocycles. The van der Waals surface area contributed by atoms with Crippen LogP contribution in [-0.4, -0.2) is 28.5 Å². The molecule has 0 aliphatic carbocycles. The van der Waals surface area contributed by atoms with Crippen LogP contribution >= 0.6 is 23.2 Å². The van der Waals surface area contributed by atoms with E-state index in [9.17, 15) is 28.4 Å². The van der Waals surface area contributed by atoms with E-state index in [4.69, 9.17) is 23.2 Å². The summed E-state index contributed by atoms with van der Waals surface area (Å²) in [6, 6.07) is 9.86. The van der Waals surface area contributed by atoms with Gasteiger partial charge >= 0.3 is 5.69 Å². The first-order valence-corrected chi connectivity index (χ1v) is 12.3. The van der Waals surface area contributed by atoms with Gasteiger partial charge in [0.1, 0.15) is 11.7 Å². The van der Waals surface area contributed by atoms with Crippen LogP contribution in [0.5, 0.6) is 0 Å². The van der Waals surface area contributed by atoms with E-state index in [-0.39, 0.29) is 51.7 Å². The Balaban J connectivity index is 1.86. The zero-order valence-electron chi connectivity index (χ0n) is 20.8. The summed E-state index contributed by atoms with van der Waals surface area (Å²) >= 11 is 12.2. The standard InChI is InChI=1S/C26H17Cl2F2N7O3/c1-34-12-32-21(33-34)11-37-25(39)22-20(36(26(37)40)10-14-6-17(28)23(30)18(29)7-14)8-19(35(2)24(22)38)15-5-13(9-31)3-4-16(15)27/h3-8,12H,10-11H2,1-2H3. The molecule has 0 amide bonds. The summed E-state index contributed by atoms with van der Waals surface area (Å²) in [4.78, 5) is 45.0. The fourth-order valence-corrected chi connectivity index (χ4v) is 4.84. The average molecular weight is 584 g/mol. The molecule has 0 fully saturated rings. The Labute approximate surface area is 233 Å². The lowest BCUT2D eigenvalue weighted by Gasteiger charge is -2.17. The highest BCUT2D eigenvalue weighted by atomic mass is 35.5. The summed E-state index contributed by atoms with van der Waals surface area (Å²) in [5, 5.41) is 12.8. The van der Waals surface area contributed by atoms with Gasteiger partial charge in [0.2, 0.25) is 0 Å². The van der Waals surface area contributed by atoms with Crippen LogP contribution in [0.15, 0.2) is 57.1 Å². The minimum atomic E-state index is -1.25. The Hall–Kier alpha value is -4.60. The topological polar surface area (TPSA) is 120 Å². The van der Waals surface area contributed by atoms with Gasteiger partial charge in [0.15, 0.2) is 17.5 Å². The number of hydrogen-bond acceptors (Lipinski definition) is 6. The molecule has 0 radical (unpaired) electrons. The molecule has 5 rings (SSSR count). The van der Waals surface area contributed by atoms with Crippen molar-refractivity contribution >= 4 is 34.1 Å². The largest absolute Gasteiger partial charge is 0.332 e. The van der Waals surface area contributed by atoms with E-state index < -0.39 is 33.5 Å². The molecule has 0 spiro atoms. The molecule has 0 saturated heterocycles. The maximum atomic E-state index is 14.2. The highest BCUT2D eigenvalue weighted by Gasteiger charge is 2.22. The normalized spacial score (nSPS) is 11.2. The van der Waals surface area contributed by atoms with Crippen LogP contribution in [0, 0.1) is 23.0 Å². The molecule has 5 aromatic rings. The number of halogens is 4. The molecule has 0 aliphatic rings. The molecule has 3 aromatic heterocycles. The minimum absolute atomic E-state index is 0.0855. The first kappa shape index (κ1) is 27.0. The third-order valence-corrected chi connectivity index (χ3v) is 6.93. The summed E-state index contributed by atoms with van der Waals surface area (Å²) in [7, 11) is 3.02. The van der Waals surface area contributed by atoms with Crippen LogP contribution in [0.1, 0.15) is 17.0 Å². The molecule has 0 atom stereocenters. The first-order chi connectivity index (χ1) is 19.0. The van der Waals surface area contributed by atoms with Gasteiger partial charge in [0, 0.05) is 24.7 Å². The number of nitriles is 1.